The third-order valence-corrected chi connectivity index (χ3v) is 3.44. The summed E-state index contributed by atoms with van der Waals surface area (Å²) in [4.78, 5) is 11.9. The van der Waals surface area contributed by atoms with Gasteiger partial charge in [-0.15, -0.1) is 0 Å². The van der Waals surface area contributed by atoms with Crippen LogP contribution in [0.15, 0.2) is 18.2 Å². The van der Waals surface area contributed by atoms with Gasteiger partial charge in [-0.3, -0.25) is 10.1 Å². The van der Waals surface area contributed by atoms with E-state index in [-0.39, 0.29) is 11.9 Å². The van der Waals surface area contributed by atoms with Gasteiger partial charge in [0.25, 0.3) is 0 Å². The molecule has 0 spiro atoms. The van der Waals surface area contributed by atoms with Gasteiger partial charge in [0.2, 0.25) is 5.91 Å². The Hall–Kier alpha value is -1.35. The topological polar surface area (TPSA) is 55.1 Å². The van der Waals surface area contributed by atoms with Gasteiger partial charge in [0.15, 0.2) is 0 Å². The number of amides is 1. The number of hydrogen-bond donors (Lipinski definition) is 2. The molecule has 0 bridgehead atoms. The molecular formula is C15H24N2O. The average Bonchev–Trinajstić information content (AvgIpc) is 2.27. The van der Waals surface area contributed by atoms with E-state index >= 15 is 0 Å². The second-order valence-corrected chi connectivity index (χ2v) is 5.32. The Balaban J connectivity index is 3.22. The summed E-state index contributed by atoms with van der Waals surface area (Å²) in [7, 11) is 0. The van der Waals surface area contributed by atoms with Crippen LogP contribution in [0.25, 0.3) is 0 Å². The molecule has 1 aromatic carbocycles. The fourth-order valence-corrected chi connectivity index (χ4v) is 2.15. The lowest BCUT2D eigenvalue weighted by molar-refractivity contribution is -0.124. The van der Waals surface area contributed by atoms with E-state index in [0.29, 0.717) is 0 Å². The number of aryl methyl sites for hydroxylation is 2. The third-order valence-electron chi connectivity index (χ3n) is 3.44. The summed E-state index contributed by atoms with van der Waals surface area (Å²) in [5.74, 6) is -0.340. The van der Waals surface area contributed by atoms with Crippen LogP contribution in [0.1, 0.15) is 43.9 Å². The first-order valence-corrected chi connectivity index (χ1v) is 6.46. The molecule has 1 rings (SSSR count). The highest BCUT2D eigenvalue weighted by atomic mass is 16.1. The smallest absolute Gasteiger partial charge is 0.242 e. The summed E-state index contributed by atoms with van der Waals surface area (Å²) >= 11 is 0. The number of rotatable bonds is 5. The summed E-state index contributed by atoms with van der Waals surface area (Å²) in [5, 5.41) is 3.34. The number of primary amides is 1. The molecule has 100 valence electrons. The summed E-state index contributed by atoms with van der Waals surface area (Å²) in [5.41, 5.74) is 8.01. The highest BCUT2D eigenvalue weighted by Crippen LogP contribution is 2.24. The molecule has 0 aliphatic carbocycles. The molecule has 0 saturated heterocycles. The van der Waals surface area contributed by atoms with Crippen LogP contribution < -0.4 is 11.1 Å². The molecule has 2 atom stereocenters. The Morgan fingerprint density at radius 1 is 1.33 bits per heavy atom. The summed E-state index contributed by atoms with van der Waals surface area (Å²) < 4.78 is 0. The van der Waals surface area contributed by atoms with Crippen LogP contribution in [0.3, 0.4) is 0 Å². The summed E-state index contributed by atoms with van der Waals surface area (Å²) in [6, 6.07) is 6.37. The van der Waals surface area contributed by atoms with Crippen LogP contribution in [0.2, 0.25) is 0 Å². The third kappa shape index (κ3) is 3.10. The number of nitrogens with one attached hydrogen (secondary N) is 1. The Morgan fingerprint density at radius 3 is 2.22 bits per heavy atom. The van der Waals surface area contributed by atoms with Gasteiger partial charge in [-0.2, -0.15) is 0 Å². The minimum atomic E-state index is -0.813. The normalized spacial score (nSPS) is 16.1. The number of carbonyl (C=O) groups excluding carboxylic acids is 1. The van der Waals surface area contributed by atoms with Gasteiger partial charge in [0.1, 0.15) is 5.54 Å². The molecule has 3 nitrogen and oxygen atoms in total. The molecule has 2 unspecified atom stereocenters. The van der Waals surface area contributed by atoms with Crippen LogP contribution in [0.5, 0.6) is 0 Å². The second kappa shape index (κ2) is 5.53. The molecule has 0 aromatic heterocycles. The van der Waals surface area contributed by atoms with Gasteiger partial charge in [-0.05, 0) is 39.7 Å². The highest BCUT2D eigenvalue weighted by molar-refractivity contribution is 5.85. The van der Waals surface area contributed by atoms with E-state index in [4.69, 9.17) is 5.73 Å². The Bertz CT molecular complexity index is 422. The lowest BCUT2D eigenvalue weighted by atomic mass is 9.88. The van der Waals surface area contributed by atoms with Crippen molar-refractivity contribution in [3.05, 3.63) is 34.9 Å². The Kier molecular flexibility index (Phi) is 4.52. The van der Waals surface area contributed by atoms with Crippen LogP contribution in [-0.2, 0) is 10.3 Å². The molecule has 0 saturated carbocycles. The van der Waals surface area contributed by atoms with Gasteiger partial charge in [-0.25, -0.2) is 0 Å². The number of benzene rings is 1. The van der Waals surface area contributed by atoms with Crippen molar-refractivity contribution in [2.45, 2.75) is 52.6 Å². The fourth-order valence-electron chi connectivity index (χ4n) is 2.15. The molecule has 0 aliphatic heterocycles. The maximum Gasteiger partial charge on any atom is 0.242 e. The van der Waals surface area contributed by atoms with Gasteiger partial charge in [0.05, 0.1) is 0 Å². The number of nitrogens with two attached hydrogens (primary N) is 1. The first-order valence-electron chi connectivity index (χ1n) is 6.46. The lowest BCUT2D eigenvalue weighted by Gasteiger charge is -2.32. The standard InChI is InChI=1S/C15H24N2O/c1-6-12(4)17-15(5,14(16)18)13-8-10(2)7-11(3)9-13/h7-9,12,17H,6H2,1-5H3,(H2,16,18). The maximum atomic E-state index is 11.9. The minimum Gasteiger partial charge on any atom is -0.368 e. The summed E-state index contributed by atoms with van der Waals surface area (Å²) in [6.45, 7) is 10.1. The predicted molar refractivity (Wildman–Crippen MR) is 75.4 cm³/mol. The van der Waals surface area contributed by atoms with Crippen LogP contribution in [0.4, 0.5) is 0 Å². The number of carbonyl (C=O) groups is 1. The molecule has 0 fully saturated rings. The zero-order valence-corrected chi connectivity index (χ0v) is 12.0. The van der Waals surface area contributed by atoms with Gasteiger partial charge in [-0.1, -0.05) is 36.2 Å². The molecule has 3 N–H and O–H groups in total. The molecule has 1 aromatic rings. The Morgan fingerprint density at radius 2 is 1.83 bits per heavy atom. The first kappa shape index (κ1) is 14.7. The van der Waals surface area contributed by atoms with E-state index in [1.54, 1.807) is 0 Å². The molecule has 1 amide bonds. The highest BCUT2D eigenvalue weighted by Gasteiger charge is 2.34. The zero-order chi connectivity index (χ0) is 13.9. The van der Waals surface area contributed by atoms with Gasteiger partial charge < -0.3 is 5.73 Å². The van der Waals surface area contributed by atoms with Crippen LogP contribution >= 0.6 is 0 Å². The SMILES string of the molecule is CCC(C)NC(C)(C(N)=O)c1cc(C)cc(C)c1. The summed E-state index contributed by atoms with van der Waals surface area (Å²) in [6.07, 6.45) is 0.952. The Labute approximate surface area is 110 Å². The van der Waals surface area contributed by atoms with Crippen molar-refractivity contribution >= 4 is 5.91 Å². The minimum absolute atomic E-state index is 0.239. The molecule has 3 heteroatoms. The fraction of sp³-hybridized carbons (Fsp3) is 0.533. The molecule has 0 heterocycles. The zero-order valence-electron chi connectivity index (χ0n) is 12.0. The van der Waals surface area contributed by atoms with E-state index < -0.39 is 5.54 Å². The van der Waals surface area contributed by atoms with Crippen molar-refractivity contribution in [3.8, 4) is 0 Å². The van der Waals surface area contributed by atoms with E-state index in [1.807, 2.05) is 32.9 Å². The molecular weight excluding hydrogens is 224 g/mol. The molecule has 0 aliphatic rings. The van der Waals surface area contributed by atoms with Crippen molar-refractivity contribution in [2.24, 2.45) is 5.73 Å². The largest absolute Gasteiger partial charge is 0.368 e. The van der Waals surface area contributed by atoms with Crippen molar-refractivity contribution in [3.63, 3.8) is 0 Å². The van der Waals surface area contributed by atoms with E-state index in [9.17, 15) is 4.79 Å². The maximum absolute atomic E-state index is 11.9. The van der Waals surface area contributed by atoms with Gasteiger partial charge in [0, 0.05) is 6.04 Å². The van der Waals surface area contributed by atoms with E-state index in [1.165, 1.54) is 0 Å². The van der Waals surface area contributed by atoms with Crippen LogP contribution in [-0.4, -0.2) is 11.9 Å². The number of hydrogen-bond acceptors (Lipinski definition) is 2. The molecule has 0 radical (unpaired) electrons. The monoisotopic (exact) mass is 248 g/mol. The predicted octanol–water partition coefficient (Wildman–Crippen LogP) is 2.39. The quantitative estimate of drug-likeness (QED) is 0.840. The second-order valence-electron chi connectivity index (χ2n) is 5.32. The van der Waals surface area contributed by atoms with Crippen molar-refractivity contribution in [1.82, 2.24) is 5.32 Å². The lowest BCUT2D eigenvalue weighted by Crippen LogP contribution is -2.53. The molecule has 18 heavy (non-hydrogen) atoms. The average molecular weight is 248 g/mol. The van der Waals surface area contributed by atoms with E-state index in [0.717, 1.165) is 23.1 Å². The first-order chi connectivity index (χ1) is 8.29. The van der Waals surface area contributed by atoms with E-state index in [2.05, 4.69) is 25.2 Å². The van der Waals surface area contributed by atoms with Crippen molar-refractivity contribution in [1.29, 1.82) is 0 Å². The van der Waals surface area contributed by atoms with Crippen molar-refractivity contribution < 1.29 is 4.79 Å². The van der Waals surface area contributed by atoms with Gasteiger partial charge >= 0.3 is 0 Å². The van der Waals surface area contributed by atoms with Crippen molar-refractivity contribution in [2.75, 3.05) is 0 Å². The van der Waals surface area contributed by atoms with Crippen LogP contribution in [0, 0.1) is 13.8 Å².